The van der Waals surface area contributed by atoms with Gasteiger partial charge in [-0.25, -0.2) is 4.98 Å². The minimum absolute atomic E-state index is 0.515. The van der Waals surface area contributed by atoms with Gasteiger partial charge in [0.05, 0.1) is 6.21 Å². The van der Waals surface area contributed by atoms with E-state index in [2.05, 4.69) is 34.6 Å². The third-order valence-electron chi connectivity index (χ3n) is 2.23. The second kappa shape index (κ2) is 7.16. The van der Waals surface area contributed by atoms with E-state index in [4.69, 9.17) is 5.73 Å². The summed E-state index contributed by atoms with van der Waals surface area (Å²) in [5.41, 5.74) is 9.47. The number of aromatic nitrogens is 1. The van der Waals surface area contributed by atoms with Crippen LogP contribution in [0.4, 0.5) is 10.9 Å². The van der Waals surface area contributed by atoms with Crippen molar-refractivity contribution in [3.63, 3.8) is 0 Å². The first-order valence-corrected chi connectivity index (χ1v) is 7.87. The molecular formula is C13H16N4S2. The average Bonchev–Trinajstić information content (AvgIpc) is 2.83. The molecule has 0 aliphatic carbocycles. The Bertz CT molecular complexity index is 551. The summed E-state index contributed by atoms with van der Waals surface area (Å²) in [6.45, 7) is 2.18. The number of nitrogens with zero attached hydrogens (tertiary/aromatic N) is 2. The Morgan fingerprint density at radius 3 is 3.16 bits per heavy atom. The molecule has 0 saturated heterocycles. The number of rotatable bonds is 6. The number of nitrogen functional groups attached to an aromatic ring is 1. The summed E-state index contributed by atoms with van der Waals surface area (Å²) >= 11 is 3.29. The molecular weight excluding hydrogens is 276 g/mol. The molecule has 0 saturated carbocycles. The van der Waals surface area contributed by atoms with Gasteiger partial charge in [-0.15, -0.1) is 23.1 Å². The molecule has 0 unspecified atom stereocenters. The van der Waals surface area contributed by atoms with Gasteiger partial charge in [0.2, 0.25) is 5.13 Å². The average molecular weight is 292 g/mol. The summed E-state index contributed by atoms with van der Waals surface area (Å²) in [4.78, 5) is 5.34. The molecule has 2 rings (SSSR count). The molecule has 2 aromatic rings. The highest BCUT2D eigenvalue weighted by molar-refractivity contribution is 7.99. The first-order chi connectivity index (χ1) is 9.28. The lowest BCUT2D eigenvalue weighted by molar-refractivity contribution is 1.10. The maximum atomic E-state index is 5.53. The molecule has 0 radical (unpaired) electrons. The Hall–Kier alpha value is -1.53. The topological polar surface area (TPSA) is 63.3 Å². The third-order valence-corrected chi connectivity index (χ3v) is 4.19. The van der Waals surface area contributed by atoms with Crippen molar-refractivity contribution in [1.29, 1.82) is 0 Å². The van der Waals surface area contributed by atoms with Gasteiger partial charge in [-0.05, 0) is 29.9 Å². The predicted octanol–water partition coefficient (Wildman–Crippen LogP) is 3.67. The van der Waals surface area contributed by atoms with Crippen molar-refractivity contribution in [2.75, 3.05) is 16.9 Å². The lowest BCUT2D eigenvalue weighted by Crippen LogP contribution is -1.91. The van der Waals surface area contributed by atoms with Gasteiger partial charge in [0.1, 0.15) is 5.82 Å². The van der Waals surface area contributed by atoms with Crippen molar-refractivity contribution in [3.8, 4) is 0 Å². The number of hydrogen-bond donors (Lipinski definition) is 2. The molecule has 0 aliphatic rings. The van der Waals surface area contributed by atoms with Gasteiger partial charge in [0, 0.05) is 10.3 Å². The van der Waals surface area contributed by atoms with Crippen LogP contribution in [-0.4, -0.2) is 17.0 Å². The Labute approximate surface area is 121 Å². The van der Waals surface area contributed by atoms with E-state index < -0.39 is 0 Å². The Kier molecular flexibility index (Phi) is 5.23. The zero-order valence-corrected chi connectivity index (χ0v) is 12.3. The number of thioether (sulfide) groups is 1. The molecule has 0 atom stereocenters. The van der Waals surface area contributed by atoms with Crippen molar-refractivity contribution >= 4 is 40.3 Å². The van der Waals surface area contributed by atoms with E-state index in [-0.39, 0.29) is 0 Å². The number of hydrazone groups is 1. The van der Waals surface area contributed by atoms with Crippen molar-refractivity contribution in [2.24, 2.45) is 5.10 Å². The first-order valence-electron chi connectivity index (χ1n) is 6.01. The van der Waals surface area contributed by atoms with Crippen LogP contribution in [0.25, 0.3) is 0 Å². The largest absolute Gasteiger partial charge is 0.383 e. The van der Waals surface area contributed by atoms with E-state index in [1.165, 1.54) is 22.7 Å². The standard InChI is InChI=1S/C13H16N4S2/c1-2-6-18-11-5-3-4-10(7-11)8-15-17-13-16-12(14)9-19-13/h3-5,7-9H,2,6,14H2,1H3,(H,16,17). The second-order valence-corrected chi connectivity index (χ2v) is 5.89. The van der Waals surface area contributed by atoms with E-state index in [0.29, 0.717) is 10.9 Å². The van der Waals surface area contributed by atoms with Gasteiger partial charge < -0.3 is 5.73 Å². The minimum Gasteiger partial charge on any atom is -0.383 e. The molecule has 100 valence electrons. The smallest absolute Gasteiger partial charge is 0.205 e. The number of thiazole rings is 1. The first kappa shape index (κ1) is 13.9. The van der Waals surface area contributed by atoms with Gasteiger partial charge in [0.25, 0.3) is 0 Å². The fraction of sp³-hybridized carbons (Fsp3) is 0.231. The van der Waals surface area contributed by atoms with Crippen LogP contribution in [-0.2, 0) is 0 Å². The van der Waals surface area contributed by atoms with Crippen LogP contribution in [0.1, 0.15) is 18.9 Å². The Morgan fingerprint density at radius 1 is 1.53 bits per heavy atom. The SMILES string of the molecule is CCCSc1cccc(C=NNc2nc(N)cs2)c1. The third kappa shape index (κ3) is 4.57. The van der Waals surface area contributed by atoms with Gasteiger partial charge in [-0.2, -0.15) is 5.10 Å². The summed E-state index contributed by atoms with van der Waals surface area (Å²) < 4.78 is 0. The van der Waals surface area contributed by atoms with E-state index in [9.17, 15) is 0 Å². The molecule has 1 heterocycles. The number of nitrogens with two attached hydrogens (primary N) is 1. The molecule has 0 fully saturated rings. The monoisotopic (exact) mass is 292 g/mol. The van der Waals surface area contributed by atoms with Crippen molar-refractivity contribution in [2.45, 2.75) is 18.2 Å². The summed E-state index contributed by atoms with van der Waals surface area (Å²) in [7, 11) is 0. The summed E-state index contributed by atoms with van der Waals surface area (Å²) in [6.07, 6.45) is 2.96. The summed E-state index contributed by atoms with van der Waals surface area (Å²) in [5, 5.41) is 6.63. The molecule has 1 aromatic carbocycles. The molecule has 0 aliphatic heterocycles. The molecule has 1 aromatic heterocycles. The van der Waals surface area contributed by atoms with Gasteiger partial charge in [-0.1, -0.05) is 19.1 Å². The normalized spacial score (nSPS) is 11.0. The fourth-order valence-corrected chi connectivity index (χ4v) is 2.79. The van der Waals surface area contributed by atoms with Crippen LogP contribution in [0.15, 0.2) is 39.6 Å². The van der Waals surface area contributed by atoms with Crippen LogP contribution in [0.2, 0.25) is 0 Å². The molecule has 3 N–H and O–H groups in total. The van der Waals surface area contributed by atoms with E-state index in [0.717, 1.165) is 11.3 Å². The van der Waals surface area contributed by atoms with Crippen LogP contribution in [0.3, 0.4) is 0 Å². The molecule has 0 bridgehead atoms. The highest BCUT2D eigenvalue weighted by Gasteiger charge is 1.96. The lowest BCUT2D eigenvalue weighted by atomic mass is 10.2. The number of anilines is 2. The Morgan fingerprint density at radius 2 is 2.42 bits per heavy atom. The minimum atomic E-state index is 0.515. The lowest BCUT2D eigenvalue weighted by Gasteiger charge is -2.00. The summed E-state index contributed by atoms with van der Waals surface area (Å²) in [5.74, 6) is 1.65. The van der Waals surface area contributed by atoms with Gasteiger partial charge in [-0.3, -0.25) is 5.43 Å². The molecule has 0 spiro atoms. The highest BCUT2D eigenvalue weighted by atomic mass is 32.2. The van der Waals surface area contributed by atoms with Crippen molar-refractivity contribution in [1.82, 2.24) is 4.98 Å². The van der Waals surface area contributed by atoms with Crippen molar-refractivity contribution in [3.05, 3.63) is 35.2 Å². The molecule has 0 amide bonds. The van der Waals surface area contributed by atoms with Gasteiger partial charge in [0.15, 0.2) is 0 Å². The second-order valence-electron chi connectivity index (χ2n) is 3.87. The number of benzene rings is 1. The predicted molar refractivity (Wildman–Crippen MR) is 85.2 cm³/mol. The van der Waals surface area contributed by atoms with E-state index in [1.54, 1.807) is 11.6 Å². The van der Waals surface area contributed by atoms with Gasteiger partial charge >= 0.3 is 0 Å². The number of hydrogen-bond acceptors (Lipinski definition) is 6. The maximum absolute atomic E-state index is 5.53. The van der Waals surface area contributed by atoms with Crippen LogP contribution >= 0.6 is 23.1 Å². The Balaban J connectivity index is 1.94. The maximum Gasteiger partial charge on any atom is 0.205 e. The summed E-state index contributed by atoms with van der Waals surface area (Å²) in [6, 6.07) is 8.31. The number of nitrogens with one attached hydrogen (secondary N) is 1. The molecule has 4 nitrogen and oxygen atoms in total. The molecule has 6 heteroatoms. The zero-order valence-electron chi connectivity index (χ0n) is 10.7. The zero-order chi connectivity index (χ0) is 13.5. The van der Waals surface area contributed by atoms with Crippen LogP contribution in [0.5, 0.6) is 0 Å². The van der Waals surface area contributed by atoms with E-state index in [1.807, 2.05) is 23.9 Å². The van der Waals surface area contributed by atoms with Crippen molar-refractivity contribution < 1.29 is 0 Å². The molecule has 19 heavy (non-hydrogen) atoms. The quantitative estimate of drug-likeness (QED) is 0.484. The highest BCUT2D eigenvalue weighted by Crippen LogP contribution is 2.19. The fourth-order valence-electron chi connectivity index (χ4n) is 1.40. The van der Waals surface area contributed by atoms with Crippen LogP contribution < -0.4 is 11.2 Å². The van der Waals surface area contributed by atoms with E-state index >= 15 is 0 Å². The van der Waals surface area contributed by atoms with Crippen LogP contribution in [0, 0.1) is 0 Å².